The maximum Gasteiger partial charge on any atom is 0.196 e. The molecular formula is C92H113N5O19. The molecule has 24 heteroatoms. The van der Waals surface area contributed by atoms with E-state index in [9.17, 15) is 70.2 Å². The van der Waals surface area contributed by atoms with E-state index < -0.39 is 68.5 Å². The summed E-state index contributed by atoms with van der Waals surface area (Å²) in [6, 6.07) is 18.2. The van der Waals surface area contributed by atoms with E-state index >= 15 is 0 Å². The van der Waals surface area contributed by atoms with Crippen LogP contribution in [0.15, 0.2) is 109 Å². The van der Waals surface area contributed by atoms with Crippen LogP contribution < -0.4 is 29.0 Å². The lowest BCUT2D eigenvalue weighted by Gasteiger charge is -2.62. The third kappa shape index (κ3) is 9.51. The molecule has 0 aromatic heterocycles. The van der Waals surface area contributed by atoms with E-state index in [4.69, 9.17) is 23.7 Å². The first-order chi connectivity index (χ1) is 53.2. The van der Waals surface area contributed by atoms with Crippen molar-refractivity contribution in [1.82, 2.24) is 24.9 Å². The Bertz CT molecular complexity index is 5120. The Hall–Kier alpha value is -8.66. The summed E-state index contributed by atoms with van der Waals surface area (Å²) in [6.45, 7) is 8.75. The highest BCUT2D eigenvalue weighted by Crippen LogP contribution is 2.70. The Labute approximate surface area is 677 Å². The van der Waals surface area contributed by atoms with Crippen LogP contribution in [0.2, 0.25) is 0 Å². The van der Waals surface area contributed by atoms with E-state index in [-0.39, 0.29) is 131 Å². The second-order valence-electron chi connectivity index (χ2n) is 35.4. The monoisotopic (exact) mass is 1590 g/mol. The quantitative estimate of drug-likeness (QED) is 0.0772. The smallest absolute Gasteiger partial charge is 0.196 e. The van der Waals surface area contributed by atoms with Crippen molar-refractivity contribution in [3.05, 3.63) is 164 Å². The number of allylic oxidation sites excluding steroid dienone is 2. The van der Waals surface area contributed by atoms with E-state index in [0.29, 0.717) is 118 Å². The highest BCUT2D eigenvalue weighted by Gasteiger charge is 2.77. The molecule has 8 fully saturated rings. The molecule has 0 radical (unpaired) electrons. The molecule has 10 bridgehead atoms. The molecule has 0 amide bonds. The second-order valence-corrected chi connectivity index (χ2v) is 35.4. The predicted molar refractivity (Wildman–Crippen MR) is 433 cm³/mol. The summed E-state index contributed by atoms with van der Waals surface area (Å²) in [5.41, 5.74) is 5.54. The molecule has 5 spiro atoms. The highest BCUT2D eigenvalue weighted by molar-refractivity contribution is 5.99. The number of aromatic hydroxyl groups is 5. The van der Waals surface area contributed by atoms with Crippen molar-refractivity contribution in [1.29, 1.82) is 0 Å². The number of carbonyl (C=O) groups is 4. The molecule has 10 aliphatic heterocycles. The molecule has 10 aliphatic carbocycles. The number of aliphatic hydroxyl groups is 5. The first kappa shape index (κ1) is 81.1. The number of rotatable bonds is 3. The molecule has 24 nitrogen and oxygen atoms in total. The molecular weight excluding hydrogens is 1480 g/mol. The lowest BCUT2D eigenvalue weighted by Crippen LogP contribution is -2.76. The average molecular weight is 1590 g/mol. The van der Waals surface area contributed by atoms with Crippen molar-refractivity contribution in [3.63, 3.8) is 0 Å². The largest absolute Gasteiger partial charge is 0.504 e. The van der Waals surface area contributed by atoms with Gasteiger partial charge in [0.15, 0.2) is 105 Å². The van der Waals surface area contributed by atoms with E-state index in [0.717, 1.165) is 109 Å². The van der Waals surface area contributed by atoms with Crippen molar-refractivity contribution < 1.29 is 93.9 Å². The Morgan fingerprint density at radius 3 is 1.40 bits per heavy atom. The lowest BCUT2D eigenvalue weighted by atomic mass is 9.49. The molecule has 116 heavy (non-hydrogen) atoms. The zero-order valence-corrected chi connectivity index (χ0v) is 62.3. The van der Waals surface area contributed by atoms with E-state index in [1.54, 1.807) is 36.4 Å². The van der Waals surface area contributed by atoms with Crippen LogP contribution in [0.4, 0.5) is 0 Å². The summed E-state index contributed by atoms with van der Waals surface area (Å²) >= 11 is 0. The van der Waals surface area contributed by atoms with E-state index in [2.05, 4.69) is 44.6 Å². The van der Waals surface area contributed by atoms with Gasteiger partial charge in [-0.25, -0.2) is 0 Å². The summed E-state index contributed by atoms with van der Waals surface area (Å²) < 4.78 is 29.9. The second kappa shape index (κ2) is 26.9. The maximum absolute atomic E-state index is 12.6. The fourth-order valence-electron chi connectivity index (χ4n) is 26.7. The number of phenolic OH excluding ortho intramolecular Hbond substituents is 5. The van der Waals surface area contributed by atoms with Gasteiger partial charge in [0, 0.05) is 90.4 Å². The van der Waals surface area contributed by atoms with Gasteiger partial charge >= 0.3 is 0 Å². The first-order valence-electron chi connectivity index (χ1n) is 39.8. The zero-order valence-electron chi connectivity index (χ0n) is 62.3. The minimum absolute atomic E-state index is 0. The standard InChI is InChI=1S/C19H21NO4.C18H19NO3.C17H19NO4.C17H17NO4.C16H17NO4.5CH4/c1-2-8-20-9-7-18-15-11-3-4-12(21)16(15)24-17(18)13(22)5-6-19(18,23)14(20)10-11;1-19-7-6-18-12-4-2-11(9-20)17(18)22-16-14(21)5-3-10(15(16)18)8-13(12)19;2*1-18-7-6-16-13-9-2-3-10(19)14(13)22-15(16)11(20)4-5-17(16,21)12(18)8-9;18-9-2-1-8-7-11-16(20)4-3-10(19)14-15(16,5-6-17-11)12(8)13(9)21-14;;;;;/h2-4,14,17,21,23H,1,5-10H2;2-5,13,17,20-21H,6-9H2,1H3;2-3,12,15,19,21H,4-8H2,1H3;2-5,12,15,19,21H,6-8H2,1H3;1-2,11,14,17-18,20H,3-7H2;5*1H4/t14-,17+,18+,19-;13-,17+,18+;2*12-,15+,16+,17-;11-,14+,15+,16-;;;;;/m11111...../s1. The van der Waals surface area contributed by atoms with Gasteiger partial charge in [-0.1, -0.05) is 85.7 Å². The van der Waals surface area contributed by atoms with Gasteiger partial charge in [-0.2, -0.15) is 0 Å². The van der Waals surface area contributed by atoms with Crippen LogP contribution in [0, 0.1) is 0 Å². The van der Waals surface area contributed by atoms with Crippen LogP contribution in [0.1, 0.15) is 163 Å². The van der Waals surface area contributed by atoms with Crippen LogP contribution in [0.25, 0.3) is 0 Å². The molecule has 11 N–H and O–H groups in total. The Morgan fingerprint density at radius 1 is 0.457 bits per heavy atom. The van der Waals surface area contributed by atoms with Gasteiger partial charge in [0.05, 0.1) is 50.5 Å². The third-order valence-corrected chi connectivity index (χ3v) is 31.5. The summed E-state index contributed by atoms with van der Waals surface area (Å²) in [7, 11) is 6.24. The Kier molecular flexibility index (Phi) is 18.8. The normalized spacial score (nSPS) is 38.2. The summed E-state index contributed by atoms with van der Waals surface area (Å²) in [4.78, 5) is 59.1. The molecule has 3 saturated carbocycles. The molecule has 10 heterocycles. The Balaban J connectivity index is 0.000000108. The summed E-state index contributed by atoms with van der Waals surface area (Å²) in [5.74, 6) is 2.80. The lowest BCUT2D eigenvalue weighted by molar-refractivity contribution is -0.187. The number of ether oxygens (including phenoxy) is 5. The van der Waals surface area contributed by atoms with Gasteiger partial charge in [0.25, 0.3) is 0 Å². The zero-order chi connectivity index (χ0) is 76.7. The summed E-state index contributed by atoms with van der Waals surface area (Å²) in [6.07, 6.45) is 16.2. The number of hydrogen-bond donors (Lipinski definition) is 11. The number of likely N-dealkylation sites (N-methyl/N-ethyl adjacent to an activating group) is 3. The summed E-state index contributed by atoms with van der Waals surface area (Å²) in [5, 5.41) is 111. The third-order valence-electron chi connectivity index (χ3n) is 31.5. The SMILES string of the molecule is C.C.C.C.C.C=CCN1CC[C@]23c4c5ccc(O)c4O[C@H]2C(=O)CC[C@@]3(O)[C@H]1C5.CN1CC[C@@]23C4=CC=C(CO)[C@@H]2Oc2c(O)ccc(c23)C[C@H]41.CN1CC[C@]23c4c5ccc(O)c4O[C@H]2C(=O)C=C[C@@]3(O)[C@H]1C5.CN1CC[C@]23c4c5ccc(O)c4O[C@H]2C(=O)CC[C@@]3(O)[C@H]1C5.O=C1CC[C@@]2(O)[C@H]3Cc4ccc(O)c5c4[C@@]2(CCN3)[C@H]1O5. The van der Waals surface area contributed by atoms with Gasteiger partial charge in [0.1, 0.15) is 11.7 Å². The van der Waals surface area contributed by atoms with Crippen LogP contribution in [-0.2, 0) is 78.4 Å². The molecule has 5 aromatic rings. The van der Waals surface area contributed by atoms with Crippen LogP contribution in [0.3, 0.4) is 0 Å². The van der Waals surface area contributed by atoms with Crippen LogP contribution >= 0.6 is 0 Å². The molecule has 25 rings (SSSR count). The maximum atomic E-state index is 12.6. The van der Waals surface area contributed by atoms with Gasteiger partial charge in [-0.15, -0.1) is 6.58 Å². The van der Waals surface area contributed by atoms with Gasteiger partial charge < -0.3 is 85.0 Å². The number of likely N-dealkylation sites (tertiary alicyclic amines) is 4. The van der Waals surface area contributed by atoms with Crippen molar-refractivity contribution >= 4 is 23.1 Å². The molecule has 5 aromatic carbocycles. The Morgan fingerprint density at radius 2 is 0.871 bits per heavy atom. The predicted octanol–water partition coefficient (Wildman–Crippen LogP) is 7.66. The fourth-order valence-corrected chi connectivity index (χ4v) is 26.7. The number of phenols is 5. The van der Waals surface area contributed by atoms with E-state index in [1.165, 1.54) is 22.8 Å². The molecule has 5 saturated heterocycles. The van der Waals surface area contributed by atoms with Crippen molar-refractivity contribution in [2.75, 3.05) is 67.0 Å². The van der Waals surface area contributed by atoms with Gasteiger partial charge in [-0.3, -0.25) is 33.9 Å². The number of nitrogens with zero attached hydrogens (tertiary/aromatic N) is 4. The van der Waals surface area contributed by atoms with Gasteiger partial charge in [-0.05, 0) is 212 Å². The number of aliphatic hydroxyl groups excluding tert-OH is 1. The minimum Gasteiger partial charge on any atom is -0.504 e. The first-order valence-corrected chi connectivity index (χ1v) is 39.8. The number of carbonyl (C=O) groups excluding carboxylic acids is 4. The van der Waals surface area contributed by atoms with Crippen molar-refractivity contribution in [2.45, 2.75) is 250 Å². The number of nitrogens with one attached hydrogen (secondary N) is 1. The number of ketones is 4. The molecule has 620 valence electrons. The van der Waals surface area contributed by atoms with Crippen molar-refractivity contribution in [3.8, 4) is 57.5 Å². The van der Waals surface area contributed by atoms with Crippen LogP contribution in [0.5, 0.6) is 57.5 Å². The minimum atomic E-state index is -1.13. The topological polar surface area (TPSA) is 342 Å². The average Bonchev–Trinajstić information content (AvgIpc) is 1.47. The number of piperidine rings is 5. The number of benzene rings is 5. The van der Waals surface area contributed by atoms with Gasteiger partial charge in [0.2, 0.25) is 0 Å². The van der Waals surface area contributed by atoms with E-state index in [1.807, 2.05) is 56.6 Å². The number of Topliss-reactive ketones (excluding diaryl/α,β-unsaturated/α-hetero) is 3. The van der Waals surface area contributed by atoms with Crippen molar-refractivity contribution in [2.24, 2.45) is 0 Å². The highest BCUT2D eigenvalue weighted by atomic mass is 16.5. The number of hydrogen-bond acceptors (Lipinski definition) is 24. The van der Waals surface area contributed by atoms with Crippen LogP contribution in [-0.4, -0.2) is 244 Å². The molecule has 20 aliphatic rings. The molecule has 19 atom stereocenters. The fraction of sp³-hybridized carbons (Fsp3) is 0.543. The molecule has 0 unspecified atom stereocenters.